The average Bonchev–Trinajstić information content (AvgIpc) is 3.21. The summed E-state index contributed by atoms with van der Waals surface area (Å²) in [5.41, 5.74) is 0.513. The van der Waals surface area contributed by atoms with E-state index in [0.717, 1.165) is 22.7 Å². The van der Waals surface area contributed by atoms with Gasteiger partial charge in [0, 0.05) is 30.7 Å². The van der Waals surface area contributed by atoms with E-state index < -0.39 is 11.9 Å². The largest absolute Gasteiger partial charge is 0.433 e. The fourth-order valence-corrected chi connectivity index (χ4v) is 3.50. The summed E-state index contributed by atoms with van der Waals surface area (Å²) in [7, 11) is 0. The minimum absolute atomic E-state index is 0.296. The molecule has 1 atom stereocenters. The highest BCUT2D eigenvalue weighted by molar-refractivity contribution is 5.70. The van der Waals surface area contributed by atoms with Gasteiger partial charge in [-0.1, -0.05) is 45.6 Å². The number of alkyl halides is 3. The van der Waals surface area contributed by atoms with Crippen LogP contribution in [0.2, 0.25) is 0 Å². The molecule has 0 amide bonds. The summed E-state index contributed by atoms with van der Waals surface area (Å²) in [4.78, 5) is 4.05. The number of nitrogens with zero attached hydrogens (tertiary/aromatic N) is 3. The molecule has 1 aliphatic rings. The number of hydrogen-bond donors (Lipinski definition) is 2. The van der Waals surface area contributed by atoms with Crippen molar-refractivity contribution in [3.8, 4) is 12.5 Å². The molecule has 0 bridgehead atoms. The van der Waals surface area contributed by atoms with Crippen LogP contribution in [0.25, 0.3) is 11.3 Å². The van der Waals surface area contributed by atoms with Gasteiger partial charge in [-0.25, -0.2) is 4.68 Å². The van der Waals surface area contributed by atoms with Crippen LogP contribution in [0.4, 0.5) is 13.2 Å². The number of allylic oxidation sites excluding steroid dienone is 6. The van der Waals surface area contributed by atoms with E-state index in [-0.39, 0.29) is 0 Å². The zero-order valence-corrected chi connectivity index (χ0v) is 20.1. The summed E-state index contributed by atoms with van der Waals surface area (Å²) in [6.07, 6.45) is 16.7. The summed E-state index contributed by atoms with van der Waals surface area (Å²) < 4.78 is 42.3. The maximum Gasteiger partial charge on any atom is 0.433 e. The van der Waals surface area contributed by atoms with E-state index in [1.165, 1.54) is 19.3 Å². The molecule has 1 aromatic heterocycles. The van der Waals surface area contributed by atoms with Gasteiger partial charge in [0.15, 0.2) is 0 Å². The molecule has 5 nitrogen and oxygen atoms in total. The van der Waals surface area contributed by atoms with E-state index in [9.17, 15) is 13.2 Å². The van der Waals surface area contributed by atoms with Gasteiger partial charge in [-0.2, -0.15) is 18.3 Å². The summed E-state index contributed by atoms with van der Waals surface area (Å²) in [5, 5.41) is 10.3. The molecule has 1 aliphatic heterocycles. The molecule has 0 radical (unpaired) electrons. The third-order valence-electron chi connectivity index (χ3n) is 5.42. The highest BCUT2D eigenvalue weighted by Gasteiger charge is 2.36. The van der Waals surface area contributed by atoms with Crippen LogP contribution in [0, 0.1) is 18.4 Å². The van der Waals surface area contributed by atoms with Crippen molar-refractivity contribution in [2.75, 3.05) is 6.54 Å². The number of terminal acetylenes is 1. The first-order chi connectivity index (χ1) is 16.3. The summed E-state index contributed by atoms with van der Waals surface area (Å²) in [5.74, 6) is 0.999. The lowest BCUT2D eigenvalue weighted by atomic mass is 10.0. The van der Waals surface area contributed by atoms with Crippen LogP contribution in [-0.2, 0) is 6.18 Å². The zero-order valence-electron chi connectivity index (χ0n) is 20.1. The van der Waals surface area contributed by atoms with E-state index >= 15 is 0 Å². The van der Waals surface area contributed by atoms with Crippen molar-refractivity contribution in [1.82, 2.24) is 20.4 Å². The Bertz CT molecular complexity index is 987. The van der Waals surface area contributed by atoms with Crippen LogP contribution in [0.15, 0.2) is 47.4 Å². The molecular formula is C26H34F3N5. The molecule has 0 fully saturated rings. The van der Waals surface area contributed by atoms with Crippen molar-refractivity contribution in [3.05, 3.63) is 53.8 Å². The first kappa shape index (κ1) is 27.0. The molecule has 1 unspecified atom stereocenters. The Hall–Kier alpha value is -3.21. The summed E-state index contributed by atoms with van der Waals surface area (Å²) in [6.45, 7) is 6.62. The topological polar surface area (TPSA) is 54.2 Å². The number of hydrogen-bond acceptors (Lipinski definition) is 4. The maximum atomic E-state index is 13.8. The Balaban J connectivity index is 2.26. The van der Waals surface area contributed by atoms with Gasteiger partial charge in [0.2, 0.25) is 0 Å². The average molecular weight is 474 g/mol. The number of rotatable bonds is 11. The van der Waals surface area contributed by atoms with E-state index in [4.69, 9.17) is 6.42 Å². The molecular weight excluding hydrogens is 439 g/mol. The van der Waals surface area contributed by atoms with Gasteiger partial charge in [-0.3, -0.25) is 4.99 Å². The normalized spacial score (nSPS) is 18.3. The summed E-state index contributed by atoms with van der Waals surface area (Å²) in [6, 6.07) is 3.46. The van der Waals surface area contributed by atoms with Gasteiger partial charge in [-0.05, 0) is 62.0 Å². The second-order valence-corrected chi connectivity index (χ2v) is 8.37. The molecule has 34 heavy (non-hydrogen) atoms. The lowest BCUT2D eigenvalue weighted by Crippen LogP contribution is -2.27. The van der Waals surface area contributed by atoms with Crippen molar-refractivity contribution in [2.24, 2.45) is 10.9 Å². The van der Waals surface area contributed by atoms with Crippen LogP contribution >= 0.6 is 0 Å². The quantitative estimate of drug-likeness (QED) is 0.170. The minimum Gasteiger partial charge on any atom is -0.371 e. The van der Waals surface area contributed by atoms with E-state index in [1.807, 2.05) is 0 Å². The third kappa shape index (κ3) is 8.62. The van der Waals surface area contributed by atoms with E-state index in [0.29, 0.717) is 42.5 Å². The van der Waals surface area contributed by atoms with Gasteiger partial charge in [0.25, 0.3) is 0 Å². The predicted molar refractivity (Wildman–Crippen MR) is 133 cm³/mol. The molecule has 2 N–H and O–H groups in total. The number of halogens is 3. The molecule has 0 spiro atoms. The maximum absolute atomic E-state index is 13.8. The van der Waals surface area contributed by atoms with E-state index in [2.05, 4.69) is 40.6 Å². The Labute approximate surface area is 200 Å². The Kier molecular flexibility index (Phi) is 10.7. The predicted octanol–water partition coefficient (Wildman–Crippen LogP) is 6.35. The first-order valence-corrected chi connectivity index (χ1v) is 11.7. The zero-order chi connectivity index (χ0) is 25.0. The van der Waals surface area contributed by atoms with Crippen LogP contribution in [0.5, 0.6) is 0 Å². The Morgan fingerprint density at radius 2 is 2.12 bits per heavy atom. The van der Waals surface area contributed by atoms with Crippen molar-refractivity contribution in [1.29, 1.82) is 0 Å². The van der Waals surface area contributed by atoms with Crippen LogP contribution < -0.4 is 10.6 Å². The van der Waals surface area contributed by atoms with Crippen molar-refractivity contribution in [3.63, 3.8) is 0 Å². The molecule has 2 rings (SSSR count). The minimum atomic E-state index is -4.55. The van der Waals surface area contributed by atoms with Gasteiger partial charge >= 0.3 is 6.18 Å². The Morgan fingerprint density at radius 3 is 2.82 bits per heavy atom. The second kappa shape index (κ2) is 13.5. The standard InChI is InChI=1S/C26H34F3N5/c1-5-7-8-11-20(3)19-32-25(31-6-2)15-14-21(4)34-24(26(27,28)29)18-23(33-34)22-12-9-16-30-17-10-13-22/h2,9,12,14-18,20,31-32H,5,7-8,10-11,13,19H2,1,3-4H3/b16-9-,21-14+,22-12+,25-15+,30-17?. The second-order valence-electron chi connectivity index (χ2n) is 8.37. The molecule has 0 saturated heterocycles. The van der Waals surface area contributed by atoms with Crippen LogP contribution in [0.1, 0.15) is 70.7 Å². The van der Waals surface area contributed by atoms with Gasteiger partial charge in [-0.15, -0.1) is 0 Å². The smallest absolute Gasteiger partial charge is 0.371 e. The Morgan fingerprint density at radius 1 is 1.32 bits per heavy atom. The molecule has 2 heterocycles. The molecule has 8 heteroatoms. The van der Waals surface area contributed by atoms with Crippen LogP contribution in [-0.4, -0.2) is 22.5 Å². The fraction of sp³-hybridized carbons (Fsp3) is 0.462. The fourth-order valence-electron chi connectivity index (χ4n) is 3.50. The molecule has 0 saturated carbocycles. The van der Waals surface area contributed by atoms with Crippen molar-refractivity contribution in [2.45, 2.75) is 65.5 Å². The highest BCUT2D eigenvalue weighted by Crippen LogP contribution is 2.33. The number of aliphatic imine (C=N–C) groups is 1. The number of nitrogens with one attached hydrogen (secondary N) is 2. The highest BCUT2D eigenvalue weighted by atomic mass is 19.4. The molecule has 0 aliphatic carbocycles. The number of unbranched alkanes of at least 4 members (excludes halogenated alkanes) is 2. The third-order valence-corrected chi connectivity index (χ3v) is 5.42. The SMILES string of the molecule is C#CN/C(=C\C=C(/C)n1nc(/C2=C/C=C\N=CCC2)cc1C(F)(F)F)NCC(C)CCCCC. The van der Waals surface area contributed by atoms with E-state index in [1.54, 1.807) is 43.6 Å². The number of aromatic nitrogens is 2. The lowest BCUT2D eigenvalue weighted by Gasteiger charge is -2.15. The molecule has 184 valence electrons. The first-order valence-electron chi connectivity index (χ1n) is 11.7. The van der Waals surface area contributed by atoms with Gasteiger partial charge < -0.3 is 10.6 Å². The van der Waals surface area contributed by atoms with Crippen molar-refractivity contribution < 1.29 is 13.2 Å². The summed E-state index contributed by atoms with van der Waals surface area (Å²) >= 11 is 0. The van der Waals surface area contributed by atoms with Crippen molar-refractivity contribution >= 4 is 17.5 Å². The lowest BCUT2D eigenvalue weighted by molar-refractivity contribution is -0.142. The monoisotopic (exact) mass is 473 g/mol. The van der Waals surface area contributed by atoms with Gasteiger partial charge in [0.05, 0.1) is 5.69 Å². The van der Waals surface area contributed by atoms with Crippen LogP contribution in [0.3, 0.4) is 0 Å². The molecule has 0 aromatic carbocycles. The molecule has 1 aromatic rings. The van der Waals surface area contributed by atoms with Gasteiger partial charge in [0.1, 0.15) is 11.5 Å².